The number of para-hydroxylation sites is 4. The molecule has 0 aliphatic rings. The quantitative estimate of drug-likeness (QED) is 0.167. The number of hydrogen-bond acceptors (Lipinski definition) is 3. The number of aromatic nitrogens is 2. The predicted molar refractivity (Wildman–Crippen MR) is 230 cm³/mol. The second-order valence-corrected chi connectivity index (χ2v) is 15.3. The number of hydrogen-bond donors (Lipinski definition) is 0. The van der Waals surface area contributed by atoms with Crippen molar-refractivity contribution in [2.75, 3.05) is 0 Å². The Morgan fingerprint density at radius 2 is 0.887 bits per heavy atom. The van der Waals surface area contributed by atoms with Gasteiger partial charge >= 0.3 is 12.4 Å². The number of benzene rings is 8. The van der Waals surface area contributed by atoms with E-state index in [2.05, 4.69) is 6.07 Å². The van der Waals surface area contributed by atoms with Crippen molar-refractivity contribution >= 4 is 87.5 Å². The third-order valence-corrected chi connectivity index (χ3v) is 12.0. The Bertz CT molecular complexity index is 3900. The van der Waals surface area contributed by atoms with E-state index >= 15 is 26.3 Å². The molecule has 4 aromatic heterocycles. The molecule has 0 aliphatic carbocycles. The molecule has 0 unspecified atom stereocenters. The van der Waals surface area contributed by atoms with Crippen molar-refractivity contribution in [1.82, 2.24) is 9.13 Å². The van der Waals surface area contributed by atoms with Crippen LogP contribution in [0.5, 0.6) is 0 Å². The SMILES string of the molecule is N#Cc1c(-n2c3ccccc3c3ccc4c5ccccc5oc4c32)ccc(-c2c(C(F)(F)F)cccc2C(F)(F)F)c1-n1c2ccccc2c2ccc3c4ccccc4oc3c21. The third kappa shape index (κ3) is 4.86. The predicted octanol–water partition coefficient (Wildman–Crippen LogP) is 15.3. The van der Waals surface area contributed by atoms with Gasteiger partial charge in [0.1, 0.15) is 22.8 Å². The molecule has 0 saturated carbocycles. The van der Waals surface area contributed by atoms with Gasteiger partial charge in [-0.05, 0) is 54.6 Å². The van der Waals surface area contributed by atoms with Gasteiger partial charge in [-0.1, -0.05) is 97.1 Å². The Hall–Kier alpha value is -7.97. The van der Waals surface area contributed by atoms with E-state index in [0.29, 0.717) is 72.7 Å². The van der Waals surface area contributed by atoms with Gasteiger partial charge < -0.3 is 18.0 Å². The van der Waals surface area contributed by atoms with E-state index in [1.165, 1.54) is 12.1 Å². The molecule has 12 rings (SSSR count). The largest absolute Gasteiger partial charge is 0.454 e. The minimum atomic E-state index is -5.22. The lowest BCUT2D eigenvalue weighted by atomic mass is 9.90. The van der Waals surface area contributed by atoms with E-state index in [0.717, 1.165) is 33.0 Å². The lowest BCUT2D eigenvalue weighted by Crippen LogP contribution is -2.16. The summed E-state index contributed by atoms with van der Waals surface area (Å²) < 4.78 is 108. The monoisotopic (exact) mass is 825 g/mol. The Morgan fingerprint density at radius 1 is 0.435 bits per heavy atom. The molecule has 0 fully saturated rings. The van der Waals surface area contributed by atoms with Crippen LogP contribution >= 0.6 is 0 Å². The highest BCUT2D eigenvalue weighted by molar-refractivity contribution is 6.23. The van der Waals surface area contributed by atoms with E-state index < -0.39 is 34.6 Å². The molecule has 11 heteroatoms. The maximum Gasteiger partial charge on any atom is 0.417 e. The first-order valence-electron chi connectivity index (χ1n) is 19.6. The minimum absolute atomic E-state index is 0.181. The molecule has 8 aromatic carbocycles. The molecule has 12 aromatic rings. The van der Waals surface area contributed by atoms with E-state index in [1.807, 2.05) is 102 Å². The maximum atomic E-state index is 15.2. The Morgan fingerprint density at radius 3 is 1.40 bits per heavy atom. The van der Waals surface area contributed by atoms with Crippen molar-refractivity contribution in [3.63, 3.8) is 0 Å². The summed E-state index contributed by atoms with van der Waals surface area (Å²) in [5.74, 6) is 0. The Labute approximate surface area is 345 Å². The van der Waals surface area contributed by atoms with Crippen LogP contribution in [-0.4, -0.2) is 9.13 Å². The standard InChI is InChI=1S/C51H25F6N3O2/c52-50(53,54)37-14-9-15-38(51(55,56)57)44(37)35-24-25-41(59-39-16-5-1-10-27(39)31-20-22-33-29-12-3-7-18-42(29)61-48(33)46(31)59)36(26-58)45(35)60-40-17-6-2-11-28(40)32-21-23-34-30-13-4-8-19-43(30)62-49(34)47(32)60/h1-25H. The zero-order chi connectivity index (χ0) is 42.2. The second-order valence-electron chi connectivity index (χ2n) is 15.3. The van der Waals surface area contributed by atoms with Gasteiger partial charge in [0.15, 0.2) is 11.2 Å². The van der Waals surface area contributed by atoms with Gasteiger partial charge in [0.2, 0.25) is 0 Å². The molecule has 0 bridgehead atoms. The summed E-state index contributed by atoms with van der Waals surface area (Å²) in [7, 11) is 0. The molecule has 0 radical (unpaired) electrons. The number of nitriles is 1. The van der Waals surface area contributed by atoms with Gasteiger partial charge in [-0.3, -0.25) is 0 Å². The van der Waals surface area contributed by atoms with Gasteiger partial charge in [-0.25, -0.2) is 0 Å². The first-order valence-corrected chi connectivity index (χ1v) is 19.6. The van der Waals surface area contributed by atoms with Crippen molar-refractivity contribution in [3.05, 3.63) is 168 Å². The zero-order valence-corrected chi connectivity index (χ0v) is 31.9. The number of fused-ring (bicyclic) bond motifs is 14. The van der Waals surface area contributed by atoms with Crippen LogP contribution in [0.15, 0.2) is 160 Å². The van der Waals surface area contributed by atoms with E-state index in [1.54, 1.807) is 28.8 Å². The highest BCUT2D eigenvalue weighted by Crippen LogP contribution is 2.50. The van der Waals surface area contributed by atoms with Gasteiger partial charge in [0, 0.05) is 54.2 Å². The van der Waals surface area contributed by atoms with Gasteiger partial charge in [0.25, 0.3) is 0 Å². The summed E-state index contributed by atoms with van der Waals surface area (Å²) in [5, 5.41) is 17.5. The van der Waals surface area contributed by atoms with Gasteiger partial charge in [-0.2, -0.15) is 31.6 Å². The number of alkyl halides is 6. The van der Waals surface area contributed by atoms with E-state index in [4.69, 9.17) is 8.83 Å². The second kappa shape index (κ2) is 12.5. The van der Waals surface area contributed by atoms with Crippen molar-refractivity contribution in [2.45, 2.75) is 12.4 Å². The van der Waals surface area contributed by atoms with Crippen molar-refractivity contribution in [3.8, 4) is 28.6 Å². The topological polar surface area (TPSA) is 59.9 Å². The van der Waals surface area contributed by atoms with Crippen molar-refractivity contribution < 1.29 is 35.2 Å². The fourth-order valence-electron chi connectivity index (χ4n) is 9.57. The molecule has 0 saturated heterocycles. The van der Waals surface area contributed by atoms with Crippen LogP contribution in [0.2, 0.25) is 0 Å². The fourth-order valence-corrected chi connectivity index (χ4v) is 9.57. The minimum Gasteiger partial charge on any atom is -0.454 e. The number of furan rings is 2. The molecule has 0 spiro atoms. The van der Waals surface area contributed by atoms with E-state index in [-0.39, 0.29) is 16.9 Å². The molecule has 298 valence electrons. The molecule has 0 amide bonds. The normalized spacial score (nSPS) is 12.7. The van der Waals surface area contributed by atoms with E-state index in [9.17, 15) is 5.26 Å². The lowest BCUT2D eigenvalue weighted by Gasteiger charge is -2.24. The molecular weight excluding hydrogens is 801 g/mol. The summed E-state index contributed by atoms with van der Waals surface area (Å²) in [6, 6.07) is 44.2. The number of halogens is 6. The van der Waals surface area contributed by atoms with Gasteiger partial charge in [-0.15, -0.1) is 0 Å². The molecule has 62 heavy (non-hydrogen) atoms. The molecule has 5 nitrogen and oxygen atoms in total. The Balaban J connectivity index is 1.33. The Kier molecular flexibility index (Phi) is 7.26. The smallest absolute Gasteiger partial charge is 0.417 e. The average molecular weight is 826 g/mol. The summed E-state index contributed by atoms with van der Waals surface area (Å²) in [5.41, 5.74) is -0.692. The highest BCUT2D eigenvalue weighted by atomic mass is 19.4. The summed E-state index contributed by atoms with van der Waals surface area (Å²) in [4.78, 5) is 0. The van der Waals surface area contributed by atoms with Crippen LogP contribution in [0.4, 0.5) is 26.3 Å². The van der Waals surface area contributed by atoms with Crippen LogP contribution in [0, 0.1) is 11.3 Å². The zero-order valence-electron chi connectivity index (χ0n) is 31.9. The maximum absolute atomic E-state index is 15.2. The first-order chi connectivity index (χ1) is 30.0. The number of nitrogens with zero attached hydrogens (tertiary/aromatic N) is 3. The molecule has 0 aliphatic heterocycles. The molecule has 0 N–H and O–H groups in total. The van der Waals surface area contributed by atoms with Crippen LogP contribution in [0.1, 0.15) is 16.7 Å². The summed E-state index contributed by atoms with van der Waals surface area (Å²) in [6.07, 6.45) is -10.4. The van der Waals surface area contributed by atoms with Crippen molar-refractivity contribution in [1.29, 1.82) is 5.26 Å². The molecule has 4 heterocycles. The first kappa shape index (κ1) is 35.9. The van der Waals surface area contributed by atoms with Crippen LogP contribution in [-0.2, 0) is 12.4 Å². The number of rotatable bonds is 3. The molecular formula is C51H25F6N3O2. The summed E-state index contributed by atoms with van der Waals surface area (Å²) in [6.45, 7) is 0. The molecule has 0 atom stereocenters. The summed E-state index contributed by atoms with van der Waals surface area (Å²) >= 11 is 0. The highest BCUT2D eigenvalue weighted by Gasteiger charge is 2.42. The van der Waals surface area contributed by atoms with Crippen LogP contribution < -0.4 is 0 Å². The van der Waals surface area contributed by atoms with Crippen LogP contribution in [0.25, 0.3) is 110 Å². The fraction of sp³-hybridized carbons (Fsp3) is 0.0392. The van der Waals surface area contributed by atoms with Crippen molar-refractivity contribution in [2.24, 2.45) is 0 Å². The third-order valence-electron chi connectivity index (χ3n) is 12.0. The van der Waals surface area contributed by atoms with Crippen LogP contribution in [0.3, 0.4) is 0 Å². The lowest BCUT2D eigenvalue weighted by molar-refractivity contribution is -0.142. The van der Waals surface area contributed by atoms with Gasteiger partial charge in [0.05, 0.1) is 44.6 Å². The average Bonchev–Trinajstić information content (AvgIpc) is 4.03.